The number of likely N-dealkylation sites (N-methyl/N-ethyl adjacent to an activating group) is 2. The van der Waals surface area contributed by atoms with Crippen LogP contribution in [0.3, 0.4) is 0 Å². The molecule has 0 bridgehead atoms. The Labute approximate surface area is 91.0 Å². The number of carboxylic acid groups (broad SMARTS) is 1. The third-order valence-corrected chi connectivity index (χ3v) is 2.90. The summed E-state index contributed by atoms with van der Waals surface area (Å²) >= 11 is 0. The molecule has 1 aliphatic heterocycles. The summed E-state index contributed by atoms with van der Waals surface area (Å²) in [6.45, 7) is 4.68. The average Bonchev–Trinajstić information content (AvgIpc) is 2.39. The normalized spacial score (nSPS) is 22.3. The van der Waals surface area contributed by atoms with E-state index in [2.05, 4.69) is 22.2 Å². The Bertz CT molecular complexity index is 211. The number of rotatable bonds is 4. The van der Waals surface area contributed by atoms with E-state index in [9.17, 15) is 4.79 Å². The zero-order valence-electron chi connectivity index (χ0n) is 9.57. The molecule has 1 unspecified atom stereocenters. The number of nitrogens with one attached hydrogen (secondary N) is 1. The Balaban J connectivity index is 2.39. The summed E-state index contributed by atoms with van der Waals surface area (Å²) < 4.78 is 0. The van der Waals surface area contributed by atoms with Gasteiger partial charge in [0, 0.05) is 19.6 Å². The standard InChI is InChI=1S/C10H21N3O2/c1-11-9(10(14)15)8-13-5-3-4-12(2)6-7-13/h9,11H,3-8H2,1-2H3,(H,14,15). The fourth-order valence-corrected chi connectivity index (χ4v) is 1.83. The summed E-state index contributed by atoms with van der Waals surface area (Å²) in [4.78, 5) is 15.4. The number of carboxylic acids is 1. The van der Waals surface area contributed by atoms with Crippen molar-refractivity contribution in [2.45, 2.75) is 12.5 Å². The van der Waals surface area contributed by atoms with Crippen LogP contribution in [0.25, 0.3) is 0 Å². The highest BCUT2D eigenvalue weighted by atomic mass is 16.4. The van der Waals surface area contributed by atoms with Crippen LogP contribution in [0.4, 0.5) is 0 Å². The lowest BCUT2D eigenvalue weighted by molar-refractivity contribution is -0.139. The monoisotopic (exact) mass is 215 g/mol. The van der Waals surface area contributed by atoms with Gasteiger partial charge in [-0.05, 0) is 33.6 Å². The van der Waals surface area contributed by atoms with Crippen LogP contribution >= 0.6 is 0 Å². The molecule has 1 saturated heterocycles. The summed E-state index contributed by atoms with van der Waals surface area (Å²) in [6, 6.07) is -0.451. The first-order valence-corrected chi connectivity index (χ1v) is 5.44. The van der Waals surface area contributed by atoms with Crippen LogP contribution in [0.1, 0.15) is 6.42 Å². The largest absolute Gasteiger partial charge is 0.480 e. The van der Waals surface area contributed by atoms with Crippen molar-refractivity contribution in [3.63, 3.8) is 0 Å². The second-order valence-corrected chi connectivity index (χ2v) is 4.14. The molecule has 2 N–H and O–H groups in total. The number of nitrogens with zero attached hydrogens (tertiary/aromatic N) is 2. The van der Waals surface area contributed by atoms with Crippen LogP contribution in [-0.4, -0.2) is 73.7 Å². The van der Waals surface area contributed by atoms with Crippen molar-refractivity contribution in [2.75, 3.05) is 46.8 Å². The molecule has 5 heteroatoms. The van der Waals surface area contributed by atoms with Gasteiger partial charge >= 0.3 is 5.97 Å². The molecule has 0 saturated carbocycles. The second kappa shape index (κ2) is 6.05. The van der Waals surface area contributed by atoms with Crippen LogP contribution in [0.2, 0.25) is 0 Å². The van der Waals surface area contributed by atoms with E-state index >= 15 is 0 Å². The lowest BCUT2D eigenvalue weighted by Crippen LogP contribution is -2.45. The molecule has 15 heavy (non-hydrogen) atoms. The summed E-state index contributed by atoms with van der Waals surface area (Å²) in [6.07, 6.45) is 1.12. The van der Waals surface area contributed by atoms with Crippen molar-refractivity contribution in [1.82, 2.24) is 15.1 Å². The maximum atomic E-state index is 10.9. The van der Waals surface area contributed by atoms with Gasteiger partial charge in [-0.25, -0.2) is 0 Å². The second-order valence-electron chi connectivity index (χ2n) is 4.14. The minimum atomic E-state index is -0.768. The van der Waals surface area contributed by atoms with Gasteiger partial charge in [-0.15, -0.1) is 0 Å². The summed E-state index contributed by atoms with van der Waals surface area (Å²) in [5.74, 6) is -0.768. The maximum Gasteiger partial charge on any atom is 0.322 e. The van der Waals surface area contributed by atoms with Gasteiger partial charge < -0.3 is 15.3 Å². The number of hydrogen-bond donors (Lipinski definition) is 2. The first-order valence-electron chi connectivity index (χ1n) is 5.44. The van der Waals surface area contributed by atoms with Crippen LogP contribution in [0.5, 0.6) is 0 Å². The molecule has 0 aliphatic carbocycles. The third kappa shape index (κ3) is 4.15. The molecule has 1 fully saturated rings. The minimum Gasteiger partial charge on any atom is -0.480 e. The number of carbonyl (C=O) groups is 1. The molecule has 1 atom stereocenters. The van der Waals surface area contributed by atoms with Gasteiger partial charge in [0.2, 0.25) is 0 Å². The van der Waals surface area contributed by atoms with Crippen molar-refractivity contribution >= 4 is 5.97 Å². The smallest absolute Gasteiger partial charge is 0.322 e. The van der Waals surface area contributed by atoms with Crippen LogP contribution in [-0.2, 0) is 4.79 Å². The lowest BCUT2D eigenvalue weighted by atomic mass is 10.2. The van der Waals surface area contributed by atoms with E-state index < -0.39 is 12.0 Å². The quantitative estimate of drug-likeness (QED) is 0.649. The third-order valence-electron chi connectivity index (χ3n) is 2.90. The van der Waals surface area contributed by atoms with Crippen molar-refractivity contribution in [2.24, 2.45) is 0 Å². The predicted molar refractivity (Wildman–Crippen MR) is 59.0 cm³/mol. The fraction of sp³-hybridized carbons (Fsp3) is 0.900. The van der Waals surface area contributed by atoms with Gasteiger partial charge in [0.05, 0.1) is 0 Å². The van der Waals surface area contributed by atoms with Gasteiger partial charge in [0.1, 0.15) is 6.04 Å². The molecule has 1 aliphatic rings. The fourth-order valence-electron chi connectivity index (χ4n) is 1.83. The highest BCUT2D eigenvalue weighted by Gasteiger charge is 2.20. The van der Waals surface area contributed by atoms with E-state index in [1.807, 2.05) is 0 Å². The van der Waals surface area contributed by atoms with Crippen molar-refractivity contribution in [3.8, 4) is 0 Å². The van der Waals surface area contributed by atoms with Gasteiger partial charge in [-0.1, -0.05) is 0 Å². The van der Waals surface area contributed by atoms with Gasteiger partial charge in [-0.3, -0.25) is 9.69 Å². The summed E-state index contributed by atoms with van der Waals surface area (Å²) in [5.41, 5.74) is 0. The van der Waals surface area contributed by atoms with E-state index in [-0.39, 0.29) is 0 Å². The first kappa shape index (κ1) is 12.4. The minimum absolute atomic E-state index is 0.451. The molecule has 88 valence electrons. The van der Waals surface area contributed by atoms with Crippen LogP contribution in [0, 0.1) is 0 Å². The maximum absolute atomic E-state index is 10.9. The Morgan fingerprint density at radius 1 is 1.40 bits per heavy atom. The number of hydrogen-bond acceptors (Lipinski definition) is 4. The molecular formula is C10H21N3O2. The zero-order valence-corrected chi connectivity index (χ0v) is 9.57. The molecule has 0 aromatic carbocycles. The van der Waals surface area contributed by atoms with Gasteiger partial charge in [-0.2, -0.15) is 0 Å². The Kier molecular flexibility index (Phi) is 5.01. The molecule has 0 aromatic heterocycles. The highest BCUT2D eigenvalue weighted by Crippen LogP contribution is 2.02. The van der Waals surface area contributed by atoms with E-state index in [0.29, 0.717) is 6.54 Å². The molecule has 0 amide bonds. The lowest BCUT2D eigenvalue weighted by Gasteiger charge is -2.23. The first-order chi connectivity index (χ1) is 7.13. The van der Waals surface area contributed by atoms with E-state index in [1.165, 1.54) is 0 Å². The predicted octanol–water partition coefficient (Wildman–Crippen LogP) is -0.703. The Morgan fingerprint density at radius 2 is 2.13 bits per heavy atom. The molecular weight excluding hydrogens is 194 g/mol. The SMILES string of the molecule is CNC(CN1CCCN(C)CC1)C(=O)O. The molecule has 0 radical (unpaired) electrons. The zero-order chi connectivity index (χ0) is 11.3. The summed E-state index contributed by atoms with van der Waals surface area (Å²) in [5, 5.41) is 11.8. The van der Waals surface area contributed by atoms with Gasteiger partial charge in [0.15, 0.2) is 0 Å². The highest BCUT2D eigenvalue weighted by molar-refractivity contribution is 5.73. The average molecular weight is 215 g/mol. The molecule has 1 rings (SSSR count). The van der Waals surface area contributed by atoms with E-state index in [4.69, 9.17) is 5.11 Å². The van der Waals surface area contributed by atoms with Crippen LogP contribution < -0.4 is 5.32 Å². The molecule has 5 nitrogen and oxygen atoms in total. The molecule has 1 heterocycles. The number of aliphatic carboxylic acids is 1. The van der Waals surface area contributed by atoms with Crippen molar-refractivity contribution < 1.29 is 9.90 Å². The Hall–Kier alpha value is -0.650. The van der Waals surface area contributed by atoms with Gasteiger partial charge in [0.25, 0.3) is 0 Å². The van der Waals surface area contributed by atoms with Crippen molar-refractivity contribution in [3.05, 3.63) is 0 Å². The topological polar surface area (TPSA) is 55.8 Å². The van der Waals surface area contributed by atoms with E-state index in [1.54, 1.807) is 7.05 Å². The summed E-state index contributed by atoms with van der Waals surface area (Å²) in [7, 11) is 3.80. The molecule has 0 aromatic rings. The van der Waals surface area contributed by atoms with Crippen molar-refractivity contribution in [1.29, 1.82) is 0 Å². The molecule has 0 spiro atoms. The Morgan fingerprint density at radius 3 is 2.73 bits per heavy atom. The van der Waals surface area contributed by atoms with E-state index in [0.717, 1.165) is 32.6 Å². The van der Waals surface area contributed by atoms with Crippen LogP contribution in [0.15, 0.2) is 0 Å².